The molecule has 0 atom stereocenters. The van der Waals surface area contributed by atoms with Gasteiger partial charge in [0.25, 0.3) is 5.22 Å². The fourth-order valence-electron chi connectivity index (χ4n) is 2.32. The van der Waals surface area contributed by atoms with Gasteiger partial charge in [-0.15, -0.1) is 10.2 Å². The number of hydrogen-bond donors (Lipinski definition) is 1. The Morgan fingerprint density at radius 1 is 0.933 bits per heavy atom. The van der Waals surface area contributed by atoms with Gasteiger partial charge in [-0.2, -0.15) is 26.3 Å². The number of carbonyl (C=O) groups excluding carboxylic acids is 1. The average molecular weight is 447 g/mol. The van der Waals surface area contributed by atoms with Crippen molar-refractivity contribution in [3.05, 3.63) is 59.7 Å². The number of benzene rings is 2. The smallest absolute Gasteiger partial charge is 0.411 e. The van der Waals surface area contributed by atoms with Crippen LogP contribution in [0.4, 0.5) is 32.0 Å². The zero-order valence-corrected chi connectivity index (χ0v) is 15.5. The molecule has 0 saturated heterocycles. The van der Waals surface area contributed by atoms with E-state index in [1.807, 2.05) is 5.32 Å². The first kappa shape index (κ1) is 21.7. The summed E-state index contributed by atoms with van der Waals surface area (Å²) in [6, 6.07) is 9.58. The topological polar surface area (TPSA) is 68.0 Å². The molecule has 0 aliphatic heterocycles. The molecule has 0 aliphatic rings. The Morgan fingerprint density at radius 2 is 1.53 bits per heavy atom. The Labute approximate surface area is 169 Å². The number of amides is 1. The number of halogens is 6. The molecule has 158 valence electrons. The zero-order valence-electron chi connectivity index (χ0n) is 14.7. The molecule has 0 unspecified atom stereocenters. The minimum absolute atomic E-state index is 0.0176. The largest absolute Gasteiger partial charge is 0.416 e. The number of alkyl halides is 6. The molecule has 0 fully saturated rings. The minimum Gasteiger partial charge on any atom is -0.411 e. The van der Waals surface area contributed by atoms with E-state index < -0.39 is 35.1 Å². The Hall–Kier alpha value is -3.02. The maximum absolute atomic E-state index is 12.9. The van der Waals surface area contributed by atoms with Crippen LogP contribution in [0.5, 0.6) is 0 Å². The summed E-state index contributed by atoms with van der Waals surface area (Å²) >= 11 is 0.786. The molecular formula is C18H11F6N3O2S. The van der Waals surface area contributed by atoms with Gasteiger partial charge in [0.1, 0.15) is 0 Å². The SMILES string of the molecule is O=C(CSc1nnc(-c2ccccc2)o1)Nc1cc(C(F)(F)F)cc(C(F)(F)F)c1. The van der Waals surface area contributed by atoms with Crippen molar-refractivity contribution in [2.75, 3.05) is 11.1 Å². The number of carbonyl (C=O) groups is 1. The molecule has 12 heteroatoms. The van der Waals surface area contributed by atoms with Crippen molar-refractivity contribution in [2.24, 2.45) is 0 Å². The van der Waals surface area contributed by atoms with Crippen LogP contribution >= 0.6 is 11.8 Å². The number of hydrogen-bond acceptors (Lipinski definition) is 5. The fourth-order valence-corrected chi connectivity index (χ4v) is 2.88. The molecule has 0 aliphatic carbocycles. The highest BCUT2D eigenvalue weighted by Crippen LogP contribution is 2.37. The highest BCUT2D eigenvalue weighted by molar-refractivity contribution is 7.99. The third kappa shape index (κ3) is 5.53. The van der Waals surface area contributed by atoms with Gasteiger partial charge >= 0.3 is 12.4 Å². The summed E-state index contributed by atoms with van der Waals surface area (Å²) in [4.78, 5) is 12.0. The first-order valence-corrected chi connectivity index (χ1v) is 9.12. The molecule has 3 aromatic rings. The third-order valence-electron chi connectivity index (χ3n) is 3.63. The van der Waals surface area contributed by atoms with Crippen LogP contribution < -0.4 is 5.32 Å². The lowest BCUT2D eigenvalue weighted by molar-refractivity contribution is -0.143. The number of nitrogens with zero attached hydrogens (tertiary/aromatic N) is 2. The Balaban J connectivity index is 1.68. The molecule has 3 rings (SSSR count). The number of thioether (sulfide) groups is 1. The summed E-state index contributed by atoms with van der Waals surface area (Å²) in [6.07, 6.45) is -10.0. The van der Waals surface area contributed by atoms with E-state index in [0.717, 1.165) is 11.8 Å². The van der Waals surface area contributed by atoms with E-state index in [2.05, 4.69) is 10.2 Å². The van der Waals surface area contributed by atoms with Gasteiger partial charge in [0.15, 0.2) is 0 Å². The summed E-state index contributed by atoms with van der Waals surface area (Å²) in [5.41, 5.74) is -3.03. The molecule has 1 heterocycles. The minimum atomic E-state index is -5.01. The second-order valence-electron chi connectivity index (χ2n) is 5.87. The maximum Gasteiger partial charge on any atom is 0.416 e. The molecular weight excluding hydrogens is 436 g/mol. The Morgan fingerprint density at radius 3 is 2.10 bits per heavy atom. The number of rotatable bonds is 5. The van der Waals surface area contributed by atoms with E-state index in [9.17, 15) is 31.1 Å². The maximum atomic E-state index is 12.9. The molecule has 1 amide bonds. The third-order valence-corrected chi connectivity index (χ3v) is 4.44. The number of nitrogens with one attached hydrogen (secondary N) is 1. The molecule has 0 radical (unpaired) electrons. The Kier molecular flexibility index (Phi) is 6.06. The first-order chi connectivity index (χ1) is 14.0. The predicted octanol–water partition coefficient (Wildman–Crippen LogP) is 5.51. The second kappa shape index (κ2) is 8.38. The summed E-state index contributed by atoms with van der Waals surface area (Å²) in [6.45, 7) is 0. The van der Waals surface area contributed by atoms with Crippen molar-refractivity contribution in [1.82, 2.24) is 10.2 Å². The lowest BCUT2D eigenvalue weighted by Crippen LogP contribution is -2.17. The van der Waals surface area contributed by atoms with Crippen LogP contribution in [-0.4, -0.2) is 21.9 Å². The van der Waals surface area contributed by atoms with E-state index in [0.29, 0.717) is 17.7 Å². The van der Waals surface area contributed by atoms with Crippen molar-refractivity contribution >= 4 is 23.4 Å². The van der Waals surface area contributed by atoms with Crippen LogP contribution in [0.2, 0.25) is 0 Å². The van der Waals surface area contributed by atoms with Gasteiger partial charge < -0.3 is 9.73 Å². The van der Waals surface area contributed by atoms with E-state index in [1.165, 1.54) is 0 Å². The van der Waals surface area contributed by atoms with Crippen molar-refractivity contribution in [2.45, 2.75) is 17.6 Å². The lowest BCUT2D eigenvalue weighted by Gasteiger charge is -2.14. The normalized spacial score (nSPS) is 12.1. The first-order valence-electron chi connectivity index (χ1n) is 8.13. The van der Waals surface area contributed by atoms with Crippen LogP contribution in [0.3, 0.4) is 0 Å². The molecule has 0 saturated carbocycles. The summed E-state index contributed by atoms with van der Waals surface area (Å²) < 4.78 is 82.6. The fraction of sp³-hybridized carbons (Fsp3) is 0.167. The van der Waals surface area contributed by atoms with E-state index >= 15 is 0 Å². The average Bonchev–Trinajstić information content (AvgIpc) is 3.14. The van der Waals surface area contributed by atoms with Crippen LogP contribution in [-0.2, 0) is 17.1 Å². The molecule has 5 nitrogen and oxygen atoms in total. The van der Waals surface area contributed by atoms with Gasteiger partial charge in [-0.05, 0) is 30.3 Å². The van der Waals surface area contributed by atoms with Gasteiger partial charge in [-0.3, -0.25) is 4.79 Å². The molecule has 0 spiro atoms. The standard InChI is InChI=1S/C18H11F6N3O2S/c19-17(20,21)11-6-12(18(22,23)24)8-13(7-11)25-14(28)9-30-16-27-26-15(29-16)10-4-2-1-3-5-10/h1-8H,9H2,(H,25,28). The molecule has 1 N–H and O–H groups in total. The number of anilines is 1. The van der Waals surface area contributed by atoms with E-state index in [-0.39, 0.29) is 22.9 Å². The summed E-state index contributed by atoms with van der Waals surface area (Å²) in [5.74, 6) is -1.01. The lowest BCUT2D eigenvalue weighted by atomic mass is 10.1. The second-order valence-corrected chi connectivity index (χ2v) is 6.80. The van der Waals surface area contributed by atoms with Crippen molar-refractivity contribution in [3.63, 3.8) is 0 Å². The number of aromatic nitrogens is 2. The molecule has 2 aromatic carbocycles. The predicted molar refractivity (Wildman–Crippen MR) is 95.5 cm³/mol. The monoisotopic (exact) mass is 447 g/mol. The highest BCUT2D eigenvalue weighted by atomic mass is 32.2. The summed E-state index contributed by atoms with van der Waals surface area (Å²) in [7, 11) is 0. The molecule has 0 bridgehead atoms. The van der Waals surface area contributed by atoms with E-state index in [4.69, 9.17) is 4.42 Å². The van der Waals surface area contributed by atoms with Crippen molar-refractivity contribution in [3.8, 4) is 11.5 Å². The summed E-state index contributed by atoms with van der Waals surface area (Å²) in [5, 5.41) is 9.58. The highest BCUT2D eigenvalue weighted by Gasteiger charge is 2.37. The quantitative estimate of drug-likeness (QED) is 0.413. The molecule has 1 aromatic heterocycles. The zero-order chi connectivity index (χ0) is 21.9. The van der Waals surface area contributed by atoms with Gasteiger partial charge in [0, 0.05) is 11.3 Å². The van der Waals surface area contributed by atoms with Gasteiger partial charge in [-0.25, -0.2) is 0 Å². The van der Waals surface area contributed by atoms with Crippen molar-refractivity contribution < 1.29 is 35.6 Å². The van der Waals surface area contributed by atoms with Crippen LogP contribution in [0.15, 0.2) is 58.2 Å². The van der Waals surface area contributed by atoms with Crippen molar-refractivity contribution in [1.29, 1.82) is 0 Å². The van der Waals surface area contributed by atoms with E-state index in [1.54, 1.807) is 30.3 Å². The van der Waals surface area contributed by atoms with Gasteiger partial charge in [0.05, 0.1) is 16.9 Å². The van der Waals surface area contributed by atoms with Crippen LogP contribution in [0.25, 0.3) is 11.5 Å². The Bertz CT molecular complexity index is 1000. The van der Waals surface area contributed by atoms with Crippen LogP contribution in [0.1, 0.15) is 11.1 Å². The molecule has 30 heavy (non-hydrogen) atoms. The van der Waals surface area contributed by atoms with Gasteiger partial charge in [-0.1, -0.05) is 30.0 Å². The van der Waals surface area contributed by atoms with Gasteiger partial charge in [0.2, 0.25) is 11.8 Å². The van der Waals surface area contributed by atoms with Crippen LogP contribution in [0, 0.1) is 0 Å².